The molecule has 3 atom stereocenters. The quantitative estimate of drug-likeness (QED) is 0.535. The number of nitrogens with zero attached hydrogens (tertiary/aromatic N) is 1. The number of nitrogens with one attached hydrogen (secondary N) is 1. The van der Waals surface area contributed by atoms with E-state index in [4.69, 9.17) is 9.47 Å². The fourth-order valence-corrected chi connectivity index (χ4v) is 8.10. The Morgan fingerprint density at radius 2 is 1.97 bits per heavy atom. The Bertz CT molecular complexity index is 916. The molecular weight excluding hydrogens is 472 g/mol. The van der Waals surface area contributed by atoms with Crippen LogP contribution in [0.4, 0.5) is 0 Å². The Balaban J connectivity index is 1.51. The lowest BCUT2D eigenvalue weighted by Gasteiger charge is -2.41. The summed E-state index contributed by atoms with van der Waals surface area (Å²) < 4.78 is 56.4. The molecule has 1 aromatic carbocycles. The molecule has 192 valence electrons. The van der Waals surface area contributed by atoms with E-state index >= 15 is 0 Å². The fourth-order valence-electron chi connectivity index (χ4n) is 5.66. The zero-order valence-corrected chi connectivity index (χ0v) is 22.3. The third kappa shape index (κ3) is 6.10. The number of rotatable bonds is 8. The molecule has 3 unspecified atom stereocenters. The van der Waals surface area contributed by atoms with Crippen LogP contribution in [0.1, 0.15) is 64.4 Å². The first-order valence-electron chi connectivity index (χ1n) is 12.7. The zero-order chi connectivity index (χ0) is 24.3. The zero-order valence-electron chi connectivity index (χ0n) is 20.7. The highest BCUT2D eigenvalue weighted by Gasteiger charge is 2.41. The maximum Gasteiger partial charge on any atom is 0.243 e. The van der Waals surface area contributed by atoms with E-state index in [-0.39, 0.29) is 12.1 Å². The summed E-state index contributed by atoms with van der Waals surface area (Å²) in [6.07, 6.45) is 9.33. The van der Waals surface area contributed by atoms with Gasteiger partial charge in [-0.05, 0) is 87.0 Å². The summed E-state index contributed by atoms with van der Waals surface area (Å²) >= 11 is -1.23. The van der Waals surface area contributed by atoms with Crippen LogP contribution in [0, 0.1) is 11.8 Å². The van der Waals surface area contributed by atoms with Crippen molar-refractivity contribution in [3.05, 3.63) is 23.8 Å². The highest BCUT2D eigenvalue weighted by molar-refractivity contribution is 7.89. The van der Waals surface area contributed by atoms with Gasteiger partial charge >= 0.3 is 0 Å². The van der Waals surface area contributed by atoms with Gasteiger partial charge in [0.05, 0.1) is 36.3 Å². The van der Waals surface area contributed by atoms with E-state index in [0.717, 1.165) is 68.6 Å². The maximum absolute atomic E-state index is 13.8. The van der Waals surface area contributed by atoms with Crippen LogP contribution in [-0.4, -0.2) is 61.5 Å². The standard InChI is InChI=1S/C25H40N2O5S2/c1-18(2)19-8-10-21(11-9-19)32-17-24-23(26-33(3)28)7-4-14-27(24)34(29,30)22-12-13-25-20(16-22)6-5-15-31-25/h12-13,16,18-19,21,23-24,26H,4-11,14-15,17H2,1-3H3. The summed E-state index contributed by atoms with van der Waals surface area (Å²) in [4.78, 5) is 0.303. The molecule has 1 saturated carbocycles. The summed E-state index contributed by atoms with van der Waals surface area (Å²) in [5.41, 5.74) is 0.948. The van der Waals surface area contributed by atoms with Gasteiger partial charge in [0.25, 0.3) is 0 Å². The van der Waals surface area contributed by atoms with Crippen LogP contribution in [0.3, 0.4) is 0 Å². The predicted octanol–water partition coefficient (Wildman–Crippen LogP) is 3.65. The molecule has 1 aliphatic carbocycles. The van der Waals surface area contributed by atoms with Gasteiger partial charge in [-0.3, -0.25) is 0 Å². The number of benzene rings is 1. The molecule has 1 N–H and O–H groups in total. The summed E-state index contributed by atoms with van der Waals surface area (Å²) in [6.45, 7) is 6.00. The first-order chi connectivity index (χ1) is 16.3. The van der Waals surface area contributed by atoms with Crippen LogP contribution in [-0.2, 0) is 32.5 Å². The van der Waals surface area contributed by atoms with E-state index in [0.29, 0.717) is 30.6 Å². The number of fused-ring (bicyclic) bond motifs is 1. The second-order valence-corrected chi connectivity index (χ2v) is 13.4. The van der Waals surface area contributed by atoms with Crippen LogP contribution in [0.25, 0.3) is 0 Å². The normalized spacial score (nSPS) is 29.4. The number of hydrogen-bond donors (Lipinski definition) is 1. The molecule has 9 heteroatoms. The second-order valence-electron chi connectivity index (χ2n) is 10.3. The van der Waals surface area contributed by atoms with Crippen molar-refractivity contribution in [3.8, 4) is 5.75 Å². The Morgan fingerprint density at radius 3 is 2.68 bits per heavy atom. The van der Waals surface area contributed by atoms with E-state index in [1.54, 1.807) is 28.8 Å². The minimum atomic E-state index is -3.73. The summed E-state index contributed by atoms with van der Waals surface area (Å²) in [6, 6.07) is 4.60. The Morgan fingerprint density at radius 1 is 1.21 bits per heavy atom. The number of hydrogen-bond acceptors (Lipinski definition) is 6. The van der Waals surface area contributed by atoms with Crippen molar-refractivity contribution in [3.63, 3.8) is 0 Å². The molecule has 1 saturated heterocycles. The van der Waals surface area contributed by atoms with Gasteiger partial charge < -0.3 is 14.0 Å². The van der Waals surface area contributed by atoms with Crippen molar-refractivity contribution in [1.29, 1.82) is 0 Å². The van der Waals surface area contributed by atoms with Crippen LogP contribution < -0.4 is 9.46 Å². The largest absolute Gasteiger partial charge is 0.598 e. The Kier molecular flexibility index (Phi) is 8.85. The van der Waals surface area contributed by atoms with Crippen molar-refractivity contribution in [1.82, 2.24) is 9.03 Å². The third-order valence-electron chi connectivity index (χ3n) is 7.70. The maximum atomic E-state index is 13.8. The van der Waals surface area contributed by atoms with Crippen LogP contribution >= 0.6 is 0 Å². The molecule has 2 aliphatic heterocycles. The van der Waals surface area contributed by atoms with E-state index in [1.807, 2.05) is 0 Å². The topological polar surface area (TPSA) is 90.9 Å². The van der Waals surface area contributed by atoms with Crippen LogP contribution in [0.5, 0.6) is 5.75 Å². The van der Waals surface area contributed by atoms with Crippen molar-refractivity contribution in [2.24, 2.45) is 11.8 Å². The van der Waals surface area contributed by atoms with Crippen LogP contribution in [0.15, 0.2) is 23.1 Å². The van der Waals surface area contributed by atoms with Gasteiger partial charge in [0.15, 0.2) is 0 Å². The third-order valence-corrected chi connectivity index (χ3v) is 10.3. The van der Waals surface area contributed by atoms with E-state index in [2.05, 4.69) is 18.6 Å². The van der Waals surface area contributed by atoms with Crippen molar-refractivity contribution in [2.75, 3.05) is 26.0 Å². The molecular formula is C25H40N2O5S2. The smallest absolute Gasteiger partial charge is 0.243 e. The molecule has 1 aromatic rings. The monoisotopic (exact) mass is 512 g/mol. The minimum absolute atomic E-state index is 0.162. The minimum Gasteiger partial charge on any atom is -0.598 e. The number of aryl methyl sites for hydroxylation is 1. The average molecular weight is 513 g/mol. The molecule has 0 aromatic heterocycles. The molecule has 0 radical (unpaired) electrons. The molecule has 2 heterocycles. The highest BCUT2D eigenvalue weighted by Crippen LogP contribution is 2.34. The first kappa shape index (κ1) is 26.2. The van der Waals surface area contributed by atoms with Gasteiger partial charge in [0.2, 0.25) is 10.0 Å². The lowest BCUT2D eigenvalue weighted by atomic mass is 9.80. The van der Waals surface area contributed by atoms with Crippen LogP contribution in [0.2, 0.25) is 0 Å². The fraction of sp³-hybridized carbons (Fsp3) is 0.760. The summed E-state index contributed by atoms with van der Waals surface area (Å²) in [7, 11) is -3.73. The second kappa shape index (κ2) is 11.5. The molecule has 0 amide bonds. The van der Waals surface area contributed by atoms with Crippen molar-refractivity contribution in [2.45, 2.75) is 88.3 Å². The van der Waals surface area contributed by atoms with Gasteiger partial charge in [-0.1, -0.05) is 13.8 Å². The van der Waals surface area contributed by atoms with E-state index < -0.39 is 27.4 Å². The van der Waals surface area contributed by atoms with Gasteiger partial charge in [-0.25, -0.2) is 8.42 Å². The number of ether oxygens (including phenoxy) is 2. The molecule has 0 bridgehead atoms. The van der Waals surface area contributed by atoms with Gasteiger partial charge in [0.1, 0.15) is 12.0 Å². The van der Waals surface area contributed by atoms with E-state index in [1.165, 1.54) is 0 Å². The van der Waals surface area contributed by atoms with Gasteiger partial charge in [-0.15, -0.1) is 4.72 Å². The first-order valence-corrected chi connectivity index (χ1v) is 15.7. The van der Waals surface area contributed by atoms with E-state index in [9.17, 15) is 13.0 Å². The number of piperidine rings is 1. The Hall–Kier alpha value is -0.840. The van der Waals surface area contributed by atoms with Gasteiger partial charge in [-0.2, -0.15) is 4.31 Å². The van der Waals surface area contributed by atoms with Gasteiger partial charge in [0, 0.05) is 17.9 Å². The van der Waals surface area contributed by atoms with Crippen molar-refractivity contribution < 1.29 is 22.4 Å². The molecule has 34 heavy (non-hydrogen) atoms. The Labute approximate surface area is 208 Å². The number of sulfonamides is 1. The molecule has 4 rings (SSSR count). The molecule has 2 fully saturated rings. The molecule has 7 nitrogen and oxygen atoms in total. The lowest BCUT2D eigenvalue weighted by molar-refractivity contribution is -0.0173. The van der Waals surface area contributed by atoms with Crippen molar-refractivity contribution >= 4 is 21.4 Å². The predicted molar refractivity (Wildman–Crippen MR) is 135 cm³/mol. The molecule has 3 aliphatic rings. The highest BCUT2D eigenvalue weighted by atomic mass is 32.2. The summed E-state index contributed by atoms with van der Waals surface area (Å²) in [5.74, 6) is 2.22. The SMILES string of the molecule is CC(C)C1CCC(OCC2C(N[S+](C)[O-])CCCN2S(=O)(=O)c2ccc3c(c2)CCCO3)CC1. The average Bonchev–Trinajstić information content (AvgIpc) is 2.82. The summed E-state index contributed by atoms with van der Waals surface area (Å²) in [5, 5.41) is 0. The molecule has 0 spiro atoms. The lowest BCUT2D eigenvalue weighted by Crippen LogP contribution is -2.58.